The number of oxime groups is 1. The van der Waals surface area contributed by atoms with Gasteiger partial charge in [-0.15, -0.1) is 0 Å². The normalized spacial score (nSPS) is 16.8. The fourth-order valence-corrected chi connectivity index (χ4v) is 4.04. The largest absolute Gasteiger partial charge is 0.396 e. The van der Waals surface area contributed by atoms with Gasteiger partial charge < -0.3 is 4.84 Å². The summed E-state index contributed by atoms with van der Waals surface area (Å²) in [6.45, 7) is 2.12. The van der Waals surface area contributed by atoms with E-state index in [0.29, 0.717) is 23.7 Å². The zero-order valence-electron chi connectivity index (χ0n) is 15.3. The van der Waals surface area contributed by atoms with Crippen LogP contribution in [0.1, 0.15) is 12.6 Å². The second-order valence-electron chi connectivity index (χ2n) is 6.13. The van der Waals surface area contributed by atoms with Crippen molar-refractivity contribution in [3.63, 3.8) is 0 Å². The summed E-state index contributed by atoms with van der Waals surface area (Å²) in [4.78, 5) is 13.9. The Kier molecular flexibility index (Phi) is 4.55. The van der Waals surface area contributed by atoms with E-state index in [-0.39, 0.29) is 11.5 Å². The number of hydrogen-bond donors (Lipinski definition) is 0. The summed E-state index contributed by atoms with van der Waals surface area (Å²) in [5.41, 5.74) is 3.52. The van der Waals surface area contributed by atoms with Gasteiger partial charge >= 0.3 is 0 Å². The summed E-state index contributed by atoms with van der Waals surface area (Å²) < 4.78 is 27.7. The van der Waals surface area contributed by atoms with E-state index in [2.05, 4.69) is 20.2 Å². The Hall–Kier alpha value is -3.27. The third-order valence-electron chi connectivity index (χ3n) is 4.32. The highest BCUT2D eigenvalue weighted by molar-refractivity contribution is 7.93. The molecule has 0 N–H and O–H groups in total. The van der Waals surface area contributed by atoms with Crippen molar-refractivity contribution in [2.45, 2.75) is 6.92 Å². The molecule has 0 aromatic carbocycles. The fraction of sp³-hybridized carbons (Fsp3) is 0.222. The molecule has 10 heteroatoms. The fourth-order valence-electron chi connectivity index (χ4n) is 2.86. The number of pyridine rings is 2. The molecule has 28 heavy (non-hydrogen) atoms. The molecule has 3 aromatic rings. The quantitative estimate of drug-likeness (QED) is 0.622. The van der Waals surface area contributed by atoms with Crippen LogP contribution in [0, 0.1) is 0 Å². The molecule has 0 bridgehead atoms. The minimum atomic E-state index is -3.50. The van der Waals surface area contributed by atoms with Gasteiger partial charge in [-0.05, 0) is 31.2 Å². The number of fused-ring (bicyclic) bond motifs is 1. The molecular weight excluding hydrogens is 380 g/mol. The molecule has 4 heterocycles. The molecule has 0 aliphatic carbocycles. The van der Waals surface area contributed by atoms with E-state index in [1.807, 2.05) is 18.3 Å². The van der Waals surface area contributed by atoms with Gasteiger partial charge in [0.25, 0.3) is 0 Å². The highest BCUT2D eigenvalue weighted by Crippen LogP contribution is 2.30. The smallest absolute Gasteiger partial charge is 0.240 e. The van der Waals surface area contributed by atoms with E-state index in [0.717, 1.165) is 11.3 Å². The Bertz CT molecular complexity index is 1140. The van der Waals surface area contributed by atoms with Crippen LogP contribution in [0.5, 0.6) is 0 Å². The van der Waals surface area contributed by atoms with Crippen molar-refractivity contribution >= 4 is 21.4 Å². The first kappa shape index (κ1) is 18.1. The lowest BCUT2D eigenvalue weighted by molar-refractivity contribution is 0.159. The molecule has 0 spiro atoms. The van der Waals surface area contributed by atoms with Crippen LogP contribution < -0.4 is 4.31 Å². The third kappa shape index (κ3) is 3.22. The number of sulfonamides is 1. The molecule has 0 unspecified atom stereocenters. The Balaban J connectivity index is 1.77. The zero-order valence-corrected chi connectivity index (χ0v) is 16.2. The molecule has 1 aliphatic heterocycles. The van der Waals surface area contributed by atoms with Gasteiger partial charge in [0.2, 0.25) is 10.0 Å². The number of aromatic nitrogens is 4. The maximum Gasteiger partial charge on any atom is 0.240 e. The first-order valence-electron chi connectivity index (χ1n) is 8.62. The molecule has 144 valence electrons. The number of nitrogens with zero attached hydrogens (tertiary/aromatic N) is 6. The third-order valence-corrected chi connectivity index (χ3v) is 5.99. The van der Waals surface area contributed by atoms with Gasteiger partial charge in [0.1, 0.15) is 23.8 Å². The highest BCUT2D eigenvalue weighted by atomic mass is 32.2. The predicted octanol–water partition coefficient (Wildman–Crippen LogP) is 1.85. The first-order valence-corrected chi connectivity index (χ1v) is 10.2. The van der Waals surface area contributed by atoms with Crippen LogP contribution in [0.15, 0.2) is 54.2 Å². The van der Waals surface area contributed by atoms with Gasteiger partial charge in [-0.1, -0.05) is 5.16 Å². The van der Waals surface area contributed by atoms with Crippen LogP contribution in [0.4, 0.5) is 5.69 Å². The summed E-state index contributed by atoms with van der Waals surface area (Å²) in [5.74, 6) is -0.262. The highest BCUT2D eigenvalue weighted by Gasteiger charge is 2.33. The van der Waals surface area contributed by atoms with Crippen LogP contribution in [-0.2, 0) is 14.9 Å². The number of rotatable bonds is 4. The van der Waals surface area contributed by atoms with Crippen LogP contribution in [0.25, 0.3) is 16.9 Å². The summed E-state index contributed by atoms with van der Waals surface area (Å²) in [6, 6.07) is 7.22. The van der Waals surface area contributed by atoms with E-state index in [4.69, 9.17) is 4.84 Å². The topological polar surface area (TPSA) is 103 Å². The average molecular weight is 398 g/mol. The van der Waals surface area contributed by atoms with Gasteiger partial charge in [-0.25, -0.2) is 18.1 Å². The molecule has 0 saturated carbocycles. The molecule has 0 radical (unpaired) electrons. The molecule has 1 aliphatic rings. The van der Waals surface area contributed by atoms with Crippen LogP contribution >= 0.6 is 0 Å². The van der Waals surface area contributed by atoms with E-state index in [1.165, 1.54) is 11.4 Å². The molecule has 4 rings (SSSR count). The van der Waals surface area contributed by atoms with Crippen molar-refractivity contribution in [3.05, 3.63) is 54.7 Å². The predicted molar refractivity (Wildman–Crippen MR) is 105 cm³/mol. The monoisotopic (exact) mass is 398 g/mol. The Morgan fingerprint density at radius 2 is 2.11 bits per heavy atom. The number of anilines is 1. The lowest BCUT2D eigenvalue weighted by atomic mass is 10.1. The van der Waals surface area contributed by atoms with Crippen molar-refractivity contribution in [2.24, 2.45) is 5.16 Å². The maximum atomic E-state index is 12.4. The Labute approximate surface area is 162 Å². The van der Waals surface area contributed by atoms with E-state index in [1.54, 1.807) is 42.3 Å². The summed E-state index contributed by atoms with van der Waals surface area (Å²) in [6.07, 6.45) is 6.95. The van der Waals surface area contributed by atoms with Crippen molar-refractivity contribution < 1.29 is 13.3 Å². The Morgan fingerprint density at radius 1 is 1.25 bits per heavy atom. The van der Waals surface area contributed by atoms with Crippen LogP contribution in [0.3, 0.4) is 0 Å². The summed E-state index contributed by atoms with van der Waals surface area (Å²) >= 11 is 0. The minimum Gasteiger partial charge on any atom is -0.396 e. The molecular formula is C18H18N6O3S. The first-order chi connectivity index (χ1) is 13.5. The van der Waals surface area contributed by atoms with Crippen molar-refractivity contribution in [2.75, 3.05) is 23.7 Å². The summed E-state index contributed by atoms with van der Waals surface area (Å²) in [5, 5.41) is 8.34. The Morgan fingerprint density at radius 3 is 2.86 bits per heavy atom. The lowest BCUT2D eigenvalue weighted by Gasteiger charge is -2.27. The van der Waals surface area contributed by atoms with Crippen LogP contribution in [-0.4, -0.2) is 53.3 Å². The van der Waals surface area contributed by atoms with E-state index in [9.17, 15) is 8.42 Å². The molecule has 0 saturated heterocycles. The van der Waals surface area contributed by atoms with Crippen molar-refractivity contribution in [3.8, 4) is 16.9 Å². The maximum absolute atomic E-state index is 12.4. The standard InChI is InChI=1S/C18H18N6O3S/c1-3-27-22-16-12-28(25,26)23(2)17-7-6-15(21-18(16)17)13-9-20-24(11-13)14-5-4-8-19-10-14/h4-11H,3,12H2,1-2H3/b22-16+. The van der Waals surface area contributed by atoms with Gasteiger partial charge in [0.05, 0.1) is 29.5 Å². The van der Waals surface area contributed by atoms with Gasteiger partial charge in [-0.2, -0.15) is 5.10 Å². The van der Waals surface area contributed by atoms with Gasteiger partial charge in [0, 0.05) is 25.0 Å². The molecule has 0 atom stereocenters. The molecule has 0 fully saturated rings. The van der Waals surface area contributed by atoms with E-state index < -0.39 is 10.0 Å². The van der Waals surface area contributed by atoms with E-state index >= 15 is 0 Å². The average Bonchev–Trinajstić information content (AvgIpc) is 3.20. The SMILES string of the molecule is CCO/N=C1\CS(=O)(=O)N(C)c2ccc(-c3cnn(-c4cccnc4)c3)nc21. The van der Waals surface area contributed by atoms with Gasteiger partial charge in [-0.3, -0.25) is 9.29 Å². The molecule has 3 aromatic heterocycles. The minimum absolute atomic E-state index is 0.262. The van der Waals surface area contributed by atoms with Crippen molar-refractivity contribution in [1.29, 1.82) is 0 Å². The molecule has 9 nitrogen and oxygen atoms in total. The zero-order chi connectivity index (χ0) is 19.7. The second kappa shape index (κ2) is 7.04. The number of hydrogen-bond acceptors (Lipinski definition) is 7. The second-order valence-corrected chi connectivity index (χ2v) is 8.13. The van der Waals surface area contributed by atoms with Crippen LogP contribution in [0.2, 0.25) is 0 Å². The van der Waals surface area contributed by atoms with Crippen molar-refractivity contribution in [1.82, 2.24) is 19.7 Å². The lowest BCUT2D eigenvalue weighted by Crippen LogP contribution is -2.39. The molecule has 0 amide bonds. The van der Waals surface area contributed by atoms with Gasteiger partial charge in [0.15, 0.2) is 0 Å². The summed E-state index contributed by atoms with van der Waals surface area (Å²) in [7, 11) is -2.00.